The highest BCUT2D eigenvalue weighted by atomic mass is 35.5. The van der Waals surface area contributed by atoms with Gasteiger partial charge in [-0.2, -0.15) is 0 Å². The number of nitrogens with zero attached hydrogens (tertiary/aromatic N) is 2. The summed E-state index contributed by atoms with van der Waals surface area (Å²) in [4.78, 5) is 25.3. The van der Waals surface area contributed by atoms with Crippen molar-refractivity contribution in [2.45, 2.75) is 19.9 Å². The molecule has 0 saturated heterocycles. The molecule has 0 bridgehead atoms. The third-order valence-electron chi connectivity index (χ3n) is 4.49. The second-order valence-electron chi connectivity index (χ2n) is 6.31. The van der Waals surface area contributed by atoms with E-state index < -0.39 is 6.03 Å². The van der Waals surface area contributed by atoms with E-state index >= 15 is 0 Å². The number of halogens is 1. The van der Waals surface area contributed by atoms with Crippen molar-refractivity contribution < 1.29 is 4.79 Å². The summed E-state index contributed by atoms with van der Waals surface area (Å²) in [7, 11) is 1.78. The first-order valence-electron chi connectivity index (χ1n) is 8.55. The molecule has 0 unspecified atom stereocenters. The quantitative estimate of drug-likeness (QED) is 0.713. The summed E-state index contributed by atoms with van der Waals surface area (Å²) in [5.41, 5.74) is 2.23. The van der Waals surface area contributed by atoms with Gasteiger partial charge in [0, 0.05) is 12.1 Å². The SMILES string of the molecule is Cc1c(NC(=O)N[C@H](C)c2cccc(Cl)c2)c(=O)n(-c2ccccc2)n1C. The molecule has 2 N–H and O–H groups in total. The Hall–Kier alpha value is -2.99. The van der Waals surface area contributed by atoms with Gasteiger partial charge in [-0.15, -0.1) is 0 Å². The van der Waals surface area contributed by atoms with Crippen LogP contribution in [0.1, 0.15) is 24.2 Å². The van der Waals surface area contributed by atoms with E-state index in [4.69, 9.17) is 11.6 Å². The van der Waals surface area contributed by atoms with Crippen LogP contribution in [0.5, 0.6) is 0 Å². The van der Waals surface area contributed by atoms with Crippen molar-refractivity contribution in [1.82, 2.24) is 14.7 Å². The standard InChI is InChI=1S/C20H21ClN4O2/c1-13(15-8-7-9-16(21)12-15)22-20(27)23-18-14(2)24(3)25(19(18)26)17-10-5-4-6-11-17/h4-13H,1-3H3,(H2,22,23,27)/t13-/m1/s1. The van der Waals surface area contributed by atoms with Gasteiger partial charge in [0.1, 0.15) is 5.69 Å². The summed E-state index contributed by atoms with van der Waals surface area (Å²) in [6, 6.07) is 15.8. The van der Waals surface area contributed by atoms with Gasteiger partial charge in [-0.25, -0.2) is 9.48 Å². The Morgan fingerprint density at radius 3 is 2.48 bits per heavy atom. The smallest absolute Gasteiger partial charge is 0.319 e. The van der Waals surface area contributed by atoms with Gasteiger partial charge in [0.2, 0.25) is 0 Å². The molecule has 0 aliphatic rings. The highest BCUT2D eigenvalue weighted by Crippen LogP contribution is 2.18. The lowest BCUT2D eigenvalue weighted by Gasteiger charge is -2.15. The van der Waals surface area contributed by atoms with Crippen LogP contribution in [0.3, 0.4) is 0 Å². The number of urea groups is 1. The number of hydrogen-bond acceptors (Lipinski definition) is 2. The number of carbonyl (C=O) groups excluding carboxylic acids is 1. The number of aromatic nitrogens is 2. The number of carbonyl (C=O) groups is 1. The minimum Gasteiger partial charge on any atom is -0.331 e. The topological polar surface area (TPSA) is 68.1 Å². The van der Waals surface area contributed by atoms with Crippen LogP contribution in [0.15, 0.2) is 59.4 Å². The van der Waals surface area contributed by atoms with Crippen LogP contribution in [-0.4, -0.2) is 15.4 Å². The number of hydrogen-bond donors (Lipinski definition) is 2. The van der Waals surface area contributed by atoms with Crippen LogP contribution < -0.4 is 16.2 Å². The van der Waals surface area contributed by atoms with Crippen molar-refractivity contribution in [1.29, 1.82) is 0 Å². The molecule has 0 spiro atoms. The van der Waals surface area contributed by atoms with Crippen molar-refractivity contribution in [2.24, 2.45) is 7.05 Å². The Balaban J connectivity index is 1.82. The van der Waals surface area contributed by atoms with Crippen molar-refractivity contribution in [3.63, 3.8) is 0 Å². The highest BCUT2D eigenvalue weighted by molar-refractivity contribution is 6.30. The molecule has 3 rings (SSSR count). The van der Waals surface area contributed by atoms with E-state index in [1.807, 2.05) is 49.4 Å². The summed E-state index contributed by atoms with van der Waals surface area (Å²) in [6.07, 6.45) is 0. The summed E-state index contributed by atoms with van der Waals surface area (Å²) in [5, 5.41) is 6.12. The highest BCUT2D eigenvalue weighted by Gasteiger charge is 2.19. The first-order chi connectivity index (χ1) is 12.9. The molecule has 0 fully saturated rings. The number of para-hydroxylation sites is 1. The minimum atomic E-state index is -0.450. The summed E-state index contributed by atoms with van der Waals surface area (Å²) < 4.78 is 3.24. The fourth-order valence-corrected chi connectivity index (χ4v) is 3.12. The van der Waals surface area contributed by atoms with Crippen LogP contribution in [0.4, 0.5) is 10.5 Å². The van der Waals surface area contributed by atoms with Crippen LogP contribution >= 0.6 is 11.6 Å². The molecule has 2 aromatic carbocycles. The lowest BCUT2D eigenvalue weighted by Crippen LogP contribution is -2.33. The molecule has 1 heterocycles. The molecule has 1 aromatic heterocycles. The molecule has 0 aliphatic heterocycles. The fraction of sp³-hybridized carbons (Fsp3) is 0.200. The average Bonchev–Trinajstić information content (AvgIpc) is 2.86. The summed E-state index contributed by atoms with van der Waals surface area (Å²) in [6.45, 7) is 3.64. The van der Waals surface area contributed by atoms with Gasteiger partial charge in [0.15, 0.2) is 0 Å². The zero-order valence-electron chi connectivity index (χ0n) is 15.4. The molecule has 6 nitrogen and oxygen atoms in total. The third kappa shape index (κ3) is 3.90. The zero-order valence-corrected chi connectivity index (χ0v) is 16.1. The zero-order chi connectivity index (χ0) is 19.6. The Labute approximate surface area is 162 Å². The molecule has 0 aliphatic carbocycles. The van der Waals surface area contributed by atoms with E-state index in [1.54, 1.807) is 30.8 Å². The van der Waals surface area contributed by atoms with Crippen LogP contribution in [0.2, 0.25) is 5.02 Å². The predicted octanol–water partition coefficient (Wildman–Crippen LogP) is 4.02. The van der Waals surface area contributed by atoms with E-state index in [-0.39, 0.29) is 17.3 Å². The number of benzene rings is 2. The van der Waals surface area contributed by atoms with Gasteiger partial charge < -0.3 is 10.6 Å². The van der Waals surface area contributed by atoms with E-state index in [0.29, 0.717) is 10.7 Å². The first-order valence-corrected chi connectivity index (χ1v) is 8.93. The van der Waals surface area contributed by atoms with Crippen LogP contribution in [-0.2, 0) is 7.05 Å². The van der Waals surface area contributed by atoms with Crippen molar-refractivity contribution in [2.75, 3.05) is 5.32 Å². The lowest BCUT2D eigenvalue weighted by molar-refractivity contribution is 0.249. The van der Waals surface area contributed by atoms with Crippen LogP contribution in [0, 0.1) is 6.92 Å². The number of amides is 2. The fourth-order valence-electron chi connectivity index (χ4n) is 2.92. The maximum Gasteiger partial charge on any atom is 0.319 e. The van der Waals surface area contributed by atoms with Crippen molar-refractivity contribution in [3.8, 4) is 5.69 Å². The van der Waals surface area contributed by atoms with Gasteiger partial charge in [0.25, 0.3) is 5.56 Å². The molecule has 2 amide bonds. The van der Waals surface area contributed by atoms with Crippen molar-refractivity contribution >= 4 is 23.3 Å². The van der Waals surface area contributed by atoms with Gasteiger partial charge in [-0.3, -0.25) is 9.48 Å². The van der Waals surface area contributed by atoms with Gasteiger partial charge in [-0.1, -0.05) is 41.9 Å². The van der Waals surface area contributed by atoms with E-state index in [1.165, 1.54) is 4.68 Å². The summed E-state index contributed by atoms with van der Waals surface area (Å²) >= 11 is 6.00. The maximum atomic E-state index is 12.8. The second kappa shape index (κ2) is 7.72. The Bertz CT molecular complexity index is 1020. The number of rotatable bonds is 4. The lowest BCUT2D eigenvalue weighted by atomic mass is 10.1. The largest absolute Gasteiger partial charge is 0.331 e. The van der Waals surface area contributed by atoms with E-state index in [0.717, 1.165) is 11.3 Å². The van der Waals surface area contributed by atoms with Crippen LogP contribution in [0.25, 0.3) is 5.69 Å². The predicted molar refractivity (Wildman–Crippen MR) is 108 cm³/mol. The monoisotopic (exact) mass is 384 g/mol. The Morgan fingerprint density at radius 1 is 1.11 bits per heavy atom. The normalized spacial score (nSPS) is 11.9. The molecular weight excluding hydrogens is 364 g/mol. The third-order valence-corrected chi connectivity index (χ3v) is 4.72. The molecular formula is C20H21ClN4O2. The molecule has 27 heavy (non-hydrogen) atoms. The average molecular weight is 385 g/mol. The molecule has 1 atom stereocenters. The van der Waals surface area contributed by atoms with E-state index in [9.17, 15) is 9.59 Å². The molecule has 0 radical (unpaired) electrons. The molecule has 3 aromatic rings. The summed E-state index contributed by atoms with van der Waals surface area (Å²) in [5.74, 6) is 0. The van der Waals surface area contributed by atoms with Crippen molar-refractivity contribution in [3.05, 3.63) is 81.2 Å². The Morgan fingerprint density at radius 2 is 1.81 bits per heavy atom. The molecule has 7 heteroatoms. The van der Waals surface area contributed by atoms with Gasteiger partial charge >= 0.3 is 6.03 Å². The second-order valence-corrected chi connectivity index (χ2v) is 6.75. The van der Waals surface area contributed by atoms with E-state index in [2.05, 4.69) is 10.6 Å². The number of anilines is 1. The van der Waals surface area contributed by atoms with Gasteiger partial charge in [-0.05, 0) is 43.7 Å². The molecule has 140 valence electrons. The first kappa shape index (κ1) is 18.8. The minimum absolute atomic E-state index is 0.247. The number of nitrogens with one attached hydrogen (secondary N) is 2. The van der Waals surface area contributed by atoms with Gasteiger partial charge in [0.05, 0.1) is 17.4 Å². The molecule has 0 saturated carbocycles. The Kier molecular flexibility index (Phi) is 5.37. The maximum absolute atomic E-state index is 12.8.